The summed E-state index contributed by atoms with van der Waals surface area (Å²) in [7, 11) is 1.51. The van der Waals surface area contributed by atoms with Crippen LogP contribution in [0.3, 0.4) is 0 Å². The van der Waals surface area contributed by atoms with Crippen LogP contribution >= 0.6 is 11.3 Å². The van der Waals surface area contributed by atoms with Crippen LogP contribution in [0.25, 0.3) is 0 Å². The van der Waals surface area contributed by atoms with E-state index in [0.717, 1.165) is 10.4 Å². The van der Waals surface area contributed by atoms with Crippen LogP contribution in [-0.4, -0.2) is 25.6 Å². The fourth-order valence-electron chi connectivity index (χ4n) is 2.51. The smallest absolute Gasteiger partial charge is 0.341 e. The van der Waals surface area contributed by atoms with E-state index in [2.05, 4.69) is 5.32 Å². The lowest BCUT2D eigenvalue weighted by molar-refractivity contribution is 0.0527. The number of anilines is 1. The number of hydrogen-bond acceptors (Lipinski definition) is 5. The van der Waals surface area contributed by atoms with Gasteiger partial charge in [-0.25, -0.2) is 4.79 Å². The van der Waals surface area contributed by atoms with E-state index in [1.165, 1.54) is 18.4 Å². The molecule has 2 rings (SSSR count). The third kappa shape index (κ3) is 3.59. The number of carbonyl (C=O) groups is 2. The Morgan fingerprint density at radius 2 is 1.92 bits per heavy atom. The topological polar surface area (TPSA) is 64.6 Å². The van der Waals surface area contributed by atoms with Crippen molar-refractivity contribution < 1.29 is 19.1 Å². The Morgan fingerprint density at radius 3 is 2.54 bits per heavy atom. The number of methoxy groups -OCH3 is 1. The van der Waals surface area contributed by atoms with E-state index in [1.54, 1.807) is 31.2 Å². The zero-order chi connectivity index (χ0) is 17.7. The number of carbonyl (C=O) groups excluding carboxylic acids is 2. The van der Waals surface area contributed by atoms with Gasteiger partial charge in [0.1, 0.15) is 10.8 Å². The molecule has 1 aromatic heterocycles. The molecule has 128 valence electrons. The van der Waals surface area contributed by atoms with Gasteiger partial charge in [-0.3, -0.25) is 4.79 Å². The molecule has 1 aromatic carbocycles. The zero-order valence-corrected chi connectivity index (χ0v) is 15.1. The normalized spacial score (nSPS) is 10.3. The van der Waals surface area contributed by atoms with Crippen LogP contribution in [0.5, 0.6) is 5.75 Å². The van der Waals surface area contributed by atoms with Crippen LogP contribution in [0.15, 0.2) is 24.3 Å². The van der Waals surface area contributed by atoms with Gasteiger partial charge in [-0.15, -0.1) is 11.3 Å². The lowest BCUT2D eigenvalue weighted by Crippen LogP contribution is -2.16. The highest BCUT2D eigenvalue weighted by atomic mass is 32.1. The van der Waals surface area contributed by atoms with Gasteiger partial charge in [0.25, 0.3) is 5.91 Å². The molecule has 0 radical (unpaired) electrons. The molecule has 0 atom stereocenters. The second kappa shape index (κ2) is 7.97. The molecular weight excluding hydrogens is 326 g/mol. The first-order valence-corrected chi connectivity index (χ1v) is 8.58. The molecule has 0 bridgehead atoms. The fraction of sp³-hybridized carbons (Fsp3) is 0.333. The van der Waals surface area contributed by atoms with Gasteiger partial charge in [0, 0.05) is 4.88 Å². The van der Waals surface area contributed by atoms with Gasteiger partial charge in [-0.2, -0.15) is 0 Å². The Kier molecular flexibility index (Phi) is 5.98. The minimum atomic E-state index is -0.408. The second-order valence-corrected chi connectivity index (χ2v) is 6.29. The number of aryl methyl sites for hydroxylation is 1. The van der Waals surface area contributed by atoms with Gasteiger partial charge < -0.3 is 14.8 Å². The number of benzene rings is 1. The molecule has 24 heavy (non-hydrogen) atoms. The van der Waals surface area contributed by atoms with Gasteiger partial charge in [-0.05, 0) is 38.0 Å². The number of para-hydroxylation sites is 1. The van der Waals surface area contributed by atoms with Crippen LogP contribution < -0.4 is 10.1 Å². The predicted molar refractivity (Wildman–Crippen MR) is 95.3 cm³/mol. The Labute approximate surface area is 145 Å². The van der Waals surface area contributed by atoms with E-state index >= 15 is 0 Å². The first kappa shape index (κ1) is 18.0. The molecule has 0 fully saturated rings. The summed E-state index contributed by atoms with van der Waals surface area (Å²) in [5.41, 5.74) is 1.78. The van der Waals surface area contributed by atoms with Gasteiger partial charge >= 0.3 is 5.97 Å². The van der Waals surface area contributed by atoms with Crippen molar-refractivity contribution >= 4 is 28.2 Å². The van der Waals surface area contributed by atoms with Crippen LogP contribution in [-0.2, 0) is 11.2 Å². The minimum absolute atomic E-state index is 0.288. The molecule has 0 aliphatic rings. The van der Waals surface area contributed by atoms with Gasteiger partial charge in [0.15, 0.2) is 0 Å². The number of rotatable bonds is 6. The molecule has 0 aliphatic carbocycles. The average molecular weight is 347 g/mol. The third-order valence-corrected chi connectivity index (χ3v) is 4.68. The van der Waals surface area contributed by atoms with Crippen molar-refractivity contribution in [3.63, 3.8) is 0 Å². The SMILES string of the molecule is CCOC(=O)c1c(NC(=O)c2ccccc2OC)sc(C)c1CC. The highest BCUT2D eigenvalue weighted by Crippen LogP contribution is 2.34. The molecule has 2 aromatic rings. The van der Waals surface area contributed by atoms with Crippen molar-refractivity contribution in [3.05, 3.63) is 45.8 Å². The second-order valence-electron chi connectivity index (χ2n) is 5.07. The highest BCUT2D eigenvalue weighted by Gasteiger charge is 2.24. The van der Waals surface area contributed by atoms with E-state index in [1.807, 2.05) is 13.8 Å². The van der Waals surface area contributed by atoms with Crippen LogP contribution in [0.2, 0.25) is 0 Å². The largest absolute Gasteiger partial charge is 0.496 e. The summed E-state index contributed by atoms with van der Waals surface area (Å²) in [6.07, 6.45) is 0.695. The summed E-state index contributed by atoms with van der Waals surface area (Å²) in [6.45, 7) is 5.96. The summed E-state index contributed by atoms with van der Waals surface area (Å²) >= 11 is 1.38. The summed E-state index contributed by atoms with van der Waals surface area (Å²) < 4.78 is 10.4. The molecular formula is C18H21NO4S. The monoisotopic (exact) mass is 347 g/mol. The standard InChI is InChI=1S/C18H21NO4S/c1-5-12-11(3)24-17(15(12)18(21)23-6-2)19-16(20)13-9-7-8-10-14(13)22-4/h7-10H,5-6H2,1-4H3,(H,19,20). The van der Waals surface area contributed by atoms with E-state index in [4.69, 9.17) is 9.47 Å². The summed E-state index contributed by atoms with van der Waals surface area (Å²) in [5.74, 6) is -0.243. The van der Waals surface area contributed by atoms with Crippen LogP contribution in [0.4, 0.5) is 5.00 Å². The molecule has 0 saturated heterocycles. The Balaban J connectivity index is 2.39. The molecule has 0 spiro atoms. The molecule has 0 unspecified atom stereocenters. The number of ether oxygens (including phenoxy) is 2. The van der Waals surface area contributed by atoms with Crippen molar-refractivity contribution in [1.82, 2.24) is 0 Å². The first-order chi connectivity index (χ1) is 11.5. The van der Waals surface area contributed by atoms with Crippen LogP contribution in [0.1, 0.15) is 45.0 Å². The van der Waals surface area contributed by atoms with Crippen LogP contribution in [0, 0.1) is 6.92 Å². The van der Waals surface area contributed by atoms with Crippen molar-refractivity contribution in [2.24, 2.45) is 0 Å². The van der Waals surface area contributed by atoms with Crippen molar-refractivity contribution in [3.8, 4) is 5.75 Å². The number of hydrogen-bond donors (Lipinski definition) is 1. The van der Waals surface area contributed by atoms with E-state index in [0.29, 0.717) is 28.3 Å². The maximum atomic E-state index is 12.6. The summed E-state index contributed by atoms with van der Waals surface area (Å²) in [4.78, 5) is 25.9. The Hall–Kier alpha value is -2.34. The number of amides is 1. The molecule has 5 nitrogen and oxygen atoms in total. The highest BCUT2D eigenvalue weighted by molar-refractivity contribution is 7.16. The van der Waals surface area contributed by atoms with Crippen molar-refractivity contribution in [1.29, 1.82) is 0 Å². The Morgan fingerprint density at radius 1 is 1.21 bits per heavy atom. The summed E-state index contributed by atoms with van der Waals surface area (Å²) in [5, 5.41) is 3.35. The van der Waals surface area contributed by atoms with Gasteiger partial charge in [0.05, 0.1) is 24.8 Å². The van der Waals surface area contributed by atoms with E-state index < -0.39 is 5.97 Å². The Bertz CT molecular complexity index is 751. The molecule has 1 amide bonds. The third-order valence-electron chi connectivity index (χ3n) is 3.62. The zero-order valence-electron chi connectivity index (χ0n) is 14.3. The van der Waals surface area contributed by atoms with Gasteiger partial charge in [0.2, 0.25) is 0 Å². The maximum Gasteiger partial charge on any atom is 0.341 e. The minimum Gasteiger partial charge on any atom is -0.496 e. The number of nitrogens with one attached hydrogen (secondary N) is 1. The predicted octanol–water partition coefficient (Wildman–Crippen LogP) is 4.06. The van der Waals surface area contributed by atoms with Crippen molar-refractivity contribution in [2.75, 3.05) is 19.0 Å². The van der Waals surface area contributed by atoms with E-state index in [-0.39, 0.29) is 12.5 Å². The van der Waals surface area contributed by atoms with Crippen molar-refractivity contribution in [2.45, 2.75) is 27.2 Å². The molecule has 0 aliphatic heterocycles. The number of esters is 1. The van der Waals surface area contributed by atoms with Gasteiger partial charge in [-0.1, -0.05) is 19.1 Å². The molecule has 1 N–H and O–H groups in total. The average Bonchev–Trinajstić information content (AvgIpc) is 2.90. The first-order valence-electron chi connectivity index (χ1n) is 7.77. The lowest BCUT2D eigenvalue weighted by Gasteiger charge is -2.10. The molecule has 6 heteroatoms. The lowest BCUT2D eigenvalue weighted by atomic mass is 10.1. The molecule has 1 heterocycles. The maximum absolute atomic E-state index is 12.6. The fourth-order valence-corrected chi connectivity index (χ4v) is 3.64. The summed E-state index contributed by atoms with van der Waals surface area (Å²) in [6, 6.07) is 6.96. The quantitative estimate of drug-likeness (QED) is 0.801. The number of thiophene rings is 1. The molecule has 0 saturated carbocycles. The van der Waals surface area contributed by atoms with E-state index in [9.17, 15) is 9.59 Å².